The van der Waals surface area contributed by atoms with Crippen molar-refractivity contribution in [2.45, 2.75) is 58.5 Å². The number of unbranched alkanes of at least 4 members (excludes halogenated alkanes) is 1. The Labute approximate surface area is 99.1 Å². The molecule has 0 aromatic heterocycles. The van der Waals surface area contributed by atoms with Gasteiger partial charge < -0.3 is 4.74 Å². The summed E-state index contributed by atoms with van der Waals surface area (Å²) in [6.07, 6.45) is 8.46. The summed E-state index contributed by atoms with van der Waals surface area (Å²) >= 11 is 0. The summed E-state index contributed by atoms with van der Waals surface area (Å²) in [5.74, 6) is 0.783. The van der Waals surface area contributed by atoms with Gasteiger partial charge in [-0.25, -0.2) is 0 Å². The number of cyclic esters (lactones) is 1. The molecule has 2 nitrogen and oxygen atoms in total. The molecule has 1 saturated heterocycles. The fourth-order valence-corrected chi connectivity index (χ4v) is 2.39. The molecule has 0 aromatic carbocycles. The van der Waals surface area contributed by atoms with Crippen LogP contribution in [0.2, 0.25) is 0 Å². The minimum atomic E-state index is -0.0406. The Hall–Kier alpha value is -0.790. The summed E-state index contributed by atoms with van der Waals surface area (Å²) in [6.45, 7) is 8.11. The highest BCUT2D eigenvalue weighted by Crippen LogP contribution is 2.30. The van der Waals surface area contributed by atoms with Gasteiger partial charge in [-0.3, -0.25) is 4.79 Å². The molecular formula is C14H24O2. The highest BCUT2D eigenvalue weighted by Gasteiger charge is 2.33. The molecule has 1 fully saturated rings. The van der Waals surface area contributed by atoms with E-state index in [9.17, 15) is 4.79 Å². The Bertz CT molecular complexity index is 235. The number of carbonyl (C=O) groups excluding carboxylic acids is 1. The van der Waals surface area contributed by atoms with Crippen LogP contribution in [-0.2, 0) is 9.53 Å². The number of ether oxygens (including phenoxy) is 1. The van der Waals surface area contributed by atoms with Crippen molar-refractivity contribution in [3.63, 3.8) is 0 Å². The maximum atomic E-state index is 11.6. The van der Waals surface area contributed by atoms with Crippen LogP contribution < -0.4 is 0 Å². The molecule has 3 atom stereocenters. The lowest BCUT2D eigenvalue weighted by Gasteiger charge is -2.16. The van der Waals surface area contributed by atoms with Gasteiger partial charge in [-0.15, -0.1) is 0 Å². The molecule has 0 spiro atoms. The first kappa shape index (κ1) is 13.3. The van der Waals surface area contributed by atoms with Gasteiger partial charge in [-0.1, -0.05) is 52.2 Å². The molecule has 92 valence electrons. The predicted octanol–water partition coefficient (Wildman–Crippen LogP) is 3.71. The van der Waals surface area contributed by atoms with E-state index in [1.54, 1.807) is 6.08 Å². The number of esters is 1. The second-order valence-corrected chi connectivity index (χ2v) is 4.80. The minimum Gasteiger partial charge on any atom is -0.458 e. The molecule has 1 aliphatic rings. The summed E-state index contributed by atoms with van der Waals surface area (Å²) in [7, 11) is 0. The molecule has 16 heavy (non-hydrogen) atoms. The van der Waals surface area contributed by atoms with Gasteiger partial charge in [0.25, 0.3) is 0 Å². The molecule has 0 aliphatic carbocycles. The first-order valence-electron chi connectivity index (χ1n) is 6.54. The van der Waals surface area contributed by atoms with E-state index < -0.39 is 0 Å². The summed E-state index contributed by atoms with van der Waals surface area (Å²) in [6, 6.07) is 0. The molecule has 0 radical (unpaired) electrons. The van der Waals surface area contributed by atoms with Gasteiger partial charge in [0.2, 0.25) is 0 Å². The zero-order chi connectivity index (χ0) is 12.0. The van der Waals surface area contributed by atoms with Gasteiger partial charge in [0.1, 0.15) is 6.10 Å². The fraction of sp³-hybridized carbons (Fsp3) is 0.786. The SMILES string of the molecule is C=CC1CC(CC(CC)CCCC)C(=O)O1. The van der Waals surface area contributed by atoms with Crippen molar-refractivity contribution in [3.05, 3.63) is 12.7 Å². The normalized spacial score (nSPS) is 26.5. The van der Waals surface area contributed by atoms with Crippen LogP contribution in [0.1, 0.15) is 52.4 Å². The number of rotatable bonds is 7. The van der Waals surface area contributed by atoms with E-state index in [0.29, 0.717) is 5.92 Å². The molecule has 0 aromatic rings. The van der Waals surface area contributed by atoms with Gasteiger partial charge in [0, 0.05) is 6.42 Å². The third-order valence-electron chi connectivity index (χ3n) is 3.54. The van der Waals surface area contributed by atoms with Gasteiger partial charge in [-0.05, 0) is 12.3 Å². The lowest BCUT2D eigenvalue weighted by Crippen LogP contribution is -2.13. The van der Waals surface area contributed by atoms with E-state index in [0.717, 1.165) is 12.8 Å². The maximum absolute atomic E-state index is 11.6. The summed E-state index contributed by atoms with van der Waals surface area (Å²) in [4.78, 5) is 11.6. The lowest BCUT2D eigenvalue weighted by molar-refractivity contribution is -0.143. The monoisotopic (exact) mass is 224 g/mol. The van der Waals surface area contributed by atoms with Gasteiger partial charge >= 0.3 is 5.97 Å². The van der Waals surface area contributed by atoms with Crippen LogP contribution in [0, 0.1) is 11.8 Å². The maximum Gasteiger partial charge on any atom is 0.309 e. The van der Waals surface area contributed by atoms with E-state index in [2.05, 4.69) is 20.4 Å². The number of hydrogen-bond donors (Lipinski definition) is 0. The van der Waals surface area contributed by atoms with Crippen LogP contribution >= 0.6 is 0 Å². The average molecular weight is 224 g/mol. The predicted molar refractivity (Wildman–Crippen MR) is 66.1 cm³/mol. The van der Waals surface area contributed by atoms with E-state index in [-0.39, 0.29) is 18.0 Å². The van der Waals surface area contributed by atoms with Crippen LogP contribution in [0.15, 0.2) is 12.7 Å². The highest BCUT2D eigenvalue weighted by atomic mass is 16.5. The minimum absolute atomic E-state index is 0.0140. The summed E-state index contributed by atoms with van der Waals surface area (Å²) in [5.41, 5.74) is 0. The molecule has 0 bridgehead atoms. The molecule has 0 N–H and O–H groups in total. The van der Waals surface area contributed by atoms with Crippen molar-refractivity contribution >= 4 is 5.97 Å². The van der Waals surface area contributed by atoms with Crippen LogP contribution in [0.25, 0.3) is 0 Å². The quantitative estimate of drug-likeness (QED) is 0.487. The first-order chi connectivity index (χ1) is 7.71. The van der Waals surface area contributed by atoms with E-state index in [1.807, 2.05) is 0 Å². The molecule has 1 aliphatic heterocycles. The van der Waals surface area contributed by atoms with Crippen LogP contribution in [-0.4, -0.2) is 12.1 Å². The topological polar surface area (TPSA) is 26.3 Å². The summed E-state index contributed by atoms with van der Waals surface area (Å²) in [5, 5.41) is 0. The molecule has 0 amide bonds. The Kier molecular flexibility index (Phi) is 5.58. The molecule has 0 saturated carbocycles. The van der Waals surface area contributed by atoms with E-state index in [1.165, 1.54) is 25.7 Å². The third kappa shape index (κ3) is 3.66. The molecule has 2 heteroatoms. The standard InChI is InChI=1S/C14H24O2/c1-4-7-8-11(5-2)9-12-10-13(6-3)16-14(12)15/h6,11-13H,3-5,7-10H2,1-2H3. The van der Waals surface area contributed by atoms with Crippen molar-refractivity contribution in [3.8, 4) is 0 Å². The van der Waals surface area contributed by atoms with Gasteiger partial charge in [0.15, 0.2) is 0 Å². The Morgan fingerprint density at radius 3 is 2.81 bits per heavy atom. The second-order valence-electron chi connectivity index (χ2n) is 4.80. The van der Waals surface area contributed by atoms with Crippen molar-refractivity contribution in [1.29, 1.82) is 0 Å². The Balaban J connectivity index is 2.39. The Morgan fingerprint density at radius 1 is 1.56 bits per heavy atom. The van der Waals surface area contributed by atoms with E-state index >= 15 is 0 Å². The van der Waals surface area contributed by atoms with Crippen LogP contribution in [0.4, 0.5) is 0 Å². The number of hydrogen-bond acceptors (Lipinski definition) is 2. The highest BCUT2D eigenvalue weighted by molar-refractivity contribution is 5.74. The van der Waals surface area contributed by atoms with Crippen molar-refractivity contribution in [2.24, 2.45) is 11.8 Å². The molecular weight excluding hydrogens is 200 g/mol. The van der Waals surface area contributed by atoms with Gasteiger partial charge in [0.05, 0.1) is 5.92 Å². The largest absolute Gasteiger partial charge is 0.458 e. The average Bonchev–Trinajstić information content (AvgIpc) is 2.65. The number of carbonyl (C=O) groups is 1. The zero-order valence-electron chi connectivity index (χ0n) is 10.6. The molecule has 1 heterocycles. The van der Waals surface area contributed by atoms with Crippen LogP contribution in [0.3, 0.4) is 0 Å². The third-order valence-corrected chi connectivity index (χ3v) is 3.54. The Morgan fingerprint density at radius 2 is 2.31 bits per heavy atom. The molecule has 1 rings (SSSR count). The van der Waals surface area contributed by atoms with Crippen molar-refractivity contribution in [2.75, 3.05) is 0 Å². The van der Waals surface area contributed by atoms with Gasteiger partial charge in [-0.2, -0.15) is 0 Å². The lowest BCUT2D eigenvalue weighted by atomic mass is 9.87. The van der Waals surface area contributed by atoms with Crippen LogP contribution in [0.5, 0.6) is 0 Å². The second kappa shape index (κ2) is 6.72. The van der Waals surface area contributed by atoms with Crippen molar-refractivity contribution in [1.82, 2.24) is 0 Å². The zero-order valence-corrected chi connectivity index (χ0v) is 10.6. The summed E-state index contributed by atoms with van der Waals surface area (Å²) < 4.78 is 5.22. The van der Waals surface area contributed by atoms with Crippen molar-refractivity contribution < 1.29 is 9.53 Å². The first-order valence-corrected chi connectivity index (χ1v) is 6.54. The smallest absolute Gasteiger partial charge is 0.309 e. The van der Waals surface area contributed by atoms with E-state index in [4.69, 9.17) is 4.74 Å². The molecule has 3 unspecified atom stereocenters. The fourth-order valence-electron chi connectivity index (χ4n) is 2.39.